The molecule has 0 N–H and O–H groups in total. The molecule has 0 saturated carbocycles. The van der Waals surface area contributed by atoms with Gasteiger partial charge >= 0.3 is 0 Å². The van der Waals surface area contributed by atoms with E-state index < -0.39 is 9.84 Å². The molecule has 0 amide bonds. The summed E-state index contributed by atoms with van der Waals surface area (Å²) in [6.45, 7) is 0. The SMILES string of the molecule is CS(=O)(=O)c1cc(Cl)c(-n2cc3c[n+]([O-])ccc3n2)c(Cl)c1. The summed E-state index contributed by atoms with van der Waals surface area (Å²) in [7, 11) is -3.42. The van der Waals surface area contributed by atoms with Crippen LogP contribution in [-0.4, -0.2) is 24.5 Å². The third-order valence-corrected chi connectivity index (χ3v) is 4.73. The minimum atomic E-state index is -3.42. The minimum absolute atomic E-state index is 0.0281. The lowest BCUT2D eigenvalue weighted by molar-refractivity contribution is -0.603. The predicted molar refractivity (Wildman–Crippen MR) is 83.2 cm³/mol. The summed E-state index contributed by atoms with van der Waals surface area (Å²) < 4.78 is 25.2. The van der Waals surface area contributed by atoms with Crippen molar-refractivity contribution in [3.8, 4) is 5.69 Å². The number of hydrogen-bond acceptors (Lipinski definition) is 4. The standard InChI is InChI=1S/C13H9Cl2N3O3S/c1-22(20,21)9-4-10(14)13(11(15)5-9)18-7-8-6-17(19)3-2-12(8)16-18/h2-7H,1H3. The topological polar surface area (TPSA) is 78.9 Å². The molecule has 0 saturated heterocycles. The van der Waals surface area contributed by atoms with Gasteiger partial charge in [0.05, 0.1) is 20.3 Å². The lowest BCUT2D eigenvalue weighted by atomic mass is 10.3. The van der Waals surface area contributed by atoms with Crippen LogP contribution in [0.15, 0.2) is 41.7 Å². The number of benzene rings is 1. The highest BCUT2D eigenvalue weighted by atomic mass is 35.5. The molecule has 0 bridgehead atoms. The summed E-state index contributed by atoms with van der Waals surface area (Å²) in [6, 6.07) is 4.20. The van der Waals surface area contributed by atoms with Gasteiger partial charge in [0.1, 0.15) is 11.2 Å². The average molecular weight is 358 g/mol. The van der Waals surface area contributed by atoms with Crippen molar-refractivity contribution >= 4 is 43.9 Å². The second kappa shape index (κ2) is 5.12. The molecule has 0 atom stereocenters. The maximum atomic E-state index is 11.6. The number of halogens is 2. The van der Waals surface area contributed by atoms with E-state index in [2.05, 4.69) is 5.10 Å². The van der Waals surface area contributed by atoms with Crippen molar-refractivity contribution in [1.82, 2.24) is 9.78 Å². The van der Waals surface area contributed by atoms with Gasteiger partial charge in [-0.15, -0.1) is 0 Å². The number of nitrogens with zero attached hydrogens (tertiary/aromatic N) is 3. The molecule has 114 valence electrons. The lowest BCUT2D eigenvalue weighted by Crippen LogP contribution is -2.23. The summed E-state index contributed by atoms with van der Waals surface area (Å²) in [5, 5.41) is 16.5. The summed E-state index contributed by atoms with van der Waals surface area (Å²) in [4.78, 5) is 0.0281. The quantitative estimate of drug-likeness (QED) is 0.520. The highest BCUT2D eigenvalue weighted by Crippen LogP contribution is 2.32. The van der Waals surface area contributed by atoms with Crippen molar-refractivity contribution in [3.63, 3.8) is 0 Å². The van der Waals surface area contributed by atoms with E-state index in [0.29, 0.717) is 21.3 Å². The number of aromatic nitrogens is 3. The van der Waals surface area contributed by atoms with Gasteiger partial charge in [0.15, 0.2) is 22.2 Å². The van der Waals surface area contributed by atoms with Gasteiger partial charge in [-0.25, -0.2) is 13.1 Å². The van der Waals surface area contributed by atoms with Gasteiger partial charge in [0, 0.05) is 18.5 Å². The molecule has 22 heavy (non-hydrogen) atoms. The molecular formula is C13H9Cl2N3O3S. The molecule has 0 aliphatic heterocycles. The lowest BCUT2D eigenvalue weighted by Gasteiger charge is -2.09. The highest BCUT2D eigenvalue weighted by Gasteiger charge is 2.17. The van der Waals surface area contributed by atoms with Crippen molar-refractivity contribution in [2.45, 2.75) is 4.90 Å². The Hall–Kier alpha value is -1.83. The van der Waals surface area contributed by atoms with Crippen LogP contribution in [0.4, 0.5) is 0 Å². The van der Waals surface area contributed by atoms with Gasteiger partial charge in [-0.05, 0) is 12.1 Å². The normalized spacial score (nSPS) is 12.0. The van der Waals surface area contributed by atoms with E-state index in [9.17, 15) is 13.6 Å². The number of sulfone groups is 1. The van der Waals surface area contributed by atoms with Gasteiger partial charge in [-0.3, -0.25) is 0 Å². The maximum Gasteiger partial charge on any atom is 0.191 e. The maximum absolute atomic E-state index is 11.6. The molecule has 2 aromatic heterocycles. The molecule has 0 spiro atoms. The fraction of sp³-hybridized carbons (Fsp3) is 0.0769. The molecule has 0 fully saturated rings. The van der Waals surface area contributed by atoms with Gasteiger partial charge in [0.25, 0.3) is 0 Å². The zero-order valence-corrected chi connectivity index (χ0v) is 13.5. The third kappa shape index (κ3) is 2.63. The Labute approximate surface area is 136 Å². The van der Waals surface area contributed by atoms with Crippen molar-refractivity contribution in [3.05, 3.63) is 52.0 Å². The van der Waals surface area contributed by atoms with Gasteiger partial charge in [-0.2, -0.15) is 9.83 Å². The van der Waals surface area contributed by atoms with E-state index in [-0.39, 0.29) is 14.9 Å². The van der Waals surface area contributed by atoms with Gasteiger partial charge in [0.2, 0.25) is 0 Å². The second-order valence-electron chi connectivity index (χ2n) is 4.73. The fourth-order valence-corrected chi connectivity index (χ4v) is 3.50. The Morgan fingerprint density at radius 2 is 1.91 bits per heavy atom. The van der Waals surface area contributed by atoms with E-state index in [0.717, 1.165) is 6.26 Å². The summed E-state index contributed by atoms with van der Waals surface area (Å²) in [5.74, 6) is 0. The fourth-order valence-electron chi connectivity index (χ4n) is 2.04. The molecule has 3 rings (SSSR count). The van der Waals surface area contributed by atoms with Crippen molar-refractivity contribution in [2.75, 3.05) is 6.26 Å². The third-order valence-electron chi connectivity index (χ3n) is 3.07. The van der Waals surface area contributed by atoms with Crippen LogP contribution in [0.1, 0.15) is 0 Å². The van der Waals surface area contributed by atoms with E-state index in [4.69, 9.17) is 23.2 Å². The van der Waals surface area contributed by atoms with E-state index in [1.54, 1.807) is 12.3 Å². The zero-order valence-electron chi connectivity index (χ0n) is 11.2. The van der Waals surface area contributed by atoms with Crippen LogP contribution < -0.4 is 4.73 Å². The molecule has 0 aliphatic rings. The number of fused-ring (bicyclic) bond motifs is 1. The first-order chi connectivity index (χ1) is 10.3. The molecule has 3 aromatic rings. The Morgan fingerprint density at radius 3 is 2.50 bits per heavy atom. The minimum Gasteiger partial charge on any atom is -0.619 e. The first-order valence-electron chi connectivity index (χ1n) is 6.03. The van der Waals surface area contributed by atoms with Crippen molar-refractivity contribution < 1.29 is 13.1 Å². The van der Waals surface area contributed by atoms with Gasteiger partial charge < -0.3 is 5.21 Å². The van der Waals surface area contributed by atoms with E-state index >= 15 is 0 Å². The van der Waals surface area contributed by atoms with Crippen LogP contribution >= 0.6 is 23.2 Å². The monoisotopic (exact) mass is 357 g/mol. The van der Waals surface area contributed by atoms with E-state index in [1.807, 2.05) is 0 Å². The van der Waals surface area contributed by atoms with Crippen LogP contribution in [-0.2, 0) is 9.84 Å². The van der Waals surface area contributed by atoms with Crippen LogP contribution in [0.5, 0.6) is 0 Å². The summed E-state index contributed by atoms with van der Waals surface area (Å²) >= 11 is 12.3. The number of rotatable bonds is 2. The average Bonchev–Trinajstić information content (AvgIpc) is 2.79. The molecule has 0 unspecified atom stereocenters. The molecule has 0 aliphatic carbocycles. The van der Waals surface area contributed by atoms with Gasteiger partial charge in [-0.1, -0.05) is 23.2 Å². The van der Waals surface area contributed by atoms with Crippen LogP contribution in [0.25, 0.3) is 16.6 Å². The predicted octanol–water partition coefficient (Wildman–Crippen LogP) is 2.37. The Morgan fingerprint density at radius 1 is 1.27 bits per heavy atom. The number of pyridine rings is 1. The molecule has 1 aromatic carbocycles. The van der Waals surface area contributed by atoms with Crippen molar-refractivity contribution in [2.24, 2.45) is 0 Å². The van der Waals surface area contributed by atoms with E-state index in [1.165, 1.54) is 29.2 Å². The smallest absolute Gasteiger partial charge is 0.191 e. The first-order valence-corrected chi connectivity index (χ1v) is 8.68. The highest BCUT2D eigenvalue weighted by molar-refractivity contribution is 7.90. The zero-order chi connectivity index (χ0) is 16.1. The second-order valence-corrected chi connectivity index (χ2v) is 7.56. The number of hydrogen-bond donors (Lipinski definition) is 0. The molecular weight excluding hydrogens is 349 g/mol. The van der Waals surface area contributed by atoms with Crippen LogP contribution in [0, 0.1) is 5.21 Å². The van der Waals surface area contributed by atoms with Crippen LogP contribution in [0.3, 0.4) is 0 Å². The molecule has 0 radical (unpaired) electrons. The summed E-state index contributed by atoms with van der Waals surface area (Å²) in [6.07, 6.45) is 5.36. The first kappa shape index (κ1) is 15.1. The molecule has 9 heteroatoms. The Bertz CT molecular complexity index is 976. The van der Waals surface area contributed by atoms with Crippen molar-refractivity contribution in [1.29, 1.82) is 0 Å². The van der Waals surface area contributed by atoms with Crippen LogP contribution in [0.2, 0.25) is 10.0 Å². The summed E-state index contributed by atoms with van der Waals surface area (Å²) in [5.41, 5.74) is 0.941. The Balaban J connectivity index is 2.22. The molecule has 6 nitrogen and oxygen atoms in total. The Kier molecular flexibility index (Phi) is 3.51. The molecule has 2 heterocycles. The largest absolute Gasteiger partial charge is 0.619 e.